The molecule has 5 nitrogen and oxygen atoms in total. The minimum Gasteiger partial charge on any atom is -0.381 e. The Morgan fingerprint density at radius 1 is 1.35 bits per heavy atom. The van der Waals surface area contributed by atoms with E-state index in [0.29, 0.717) is 11.6 Å². The molecule has 0 aromatic carbocycles. The van der Waals surface area contributed by atoms with E-state index >= 15 is 0 Å². The summed E-state index contributed by atoms with van der Waals surface area (Å²) in [7, 11) is 1.66. The van der Waals surface area contributed by atoms with Gasteiger partial charge in [0, 0.05) is 30.4 Å². The van der Waals surface area contributed by atoms with Crippen molar-refractivity contribution in [1.29, 1.82) is 0 Å². The van der Waals surface area contributed by atoms with Crippen LogP contribution in [-0.2, 0) is 6.42 Å². The molecule has 2 aromatic rings. The maximum atomic E-state index is 12.3. The molecule has 1 aliphatic rings. The van der Waals surface area contributed by atoms with Crippen LogP contribution >= 0.6 is 0 Å². The van der Waals surface area contributed by atoms with E-state index in [1.165, 1.54) is 37.8 Å². The molecule has 0 aliphatic heterocycles. The van der Waals surface area contributed by atoms with Crippen LogP contribution in [0.1, 0.15) is 61.5 Å². The highest BCUT2D eigenvalue weighted by Crippen LogP contribution is 2.30. The van der Waals surface area contributed by atoms with Gasteiger partial charge >= 0.3 is 0 Å². The second-order valence-corrected chi connectivity index (χ2v) is 6.41. The number of fused-ring (bicyclic) bond motifs is 1. The standard InChI is InChI=1S/C18H26N4O/c1-3-7-13-10-14-16(21-12-8-5-4-6-9-12)15(18(23)19-2)11-20-17(14)22-13/h10-12H,3-9H2,1-2H3,(H,19,23)(H2,20,21,22). The molecule has 1 aliphatic carbocycles. The number of nitrogens with one attached hydrogen (secondary N) is 3. The van der Waals surface area contributed by atoms with Crippen molar-refractivity contribution in [3.8, 4) is 0 Å². The Balaban J connectivity index is 2.02. The Morgan fingerprint density at radius 2 is 2.13 bits per heavy atom. The lowest BCUT2D eigenvalue weighted by molar-refractivity contribution is 0.0963. The number of hydrogen-bond donors (Lipinski definition) is 3. The number of amides is 1. The molecule has 0 unspecified atom stereocenters. The van der Waals surface area contributed by atoms with Crippen molar-refractivity contribution in [2.24, 2.45) is 0 Å². The van der Waals surface area contributed by atoms with E-state index in [0.717, 1.165) is 29.6 Å². The van der Waals surface area contributed by atoms with Gasteiger partial charge in [0.15, 0.2) is 0 Å². The molecule has 0 saturated heterocycles. The molecule has 0 bridgehead atoms. The highest BCUT2D eigenvalue weighted by Gasteiger charge is 2.20. The Kier molecular flexibility index (Phi) is 4.84. The van der Waals surface area contributed by atoms with E-state index in [2.05, 4.69) is 33.6 Å². The molecule has 2 aromatic heterocycles. The first-order chi connectivity index (χ1) is 11.2. The fraction of sp³-hybridized carbons (Fsp3) is 0.556. The van der Waals surface area contributed by atoms with Crippen LogP contribution in [0.15, 0.2) is 12.3 Å². The number of aromatic nitrogens is 2. The minimum atomic E-state index is -0.0871. The molecule has 0 radical (unpaired) electrons. The van der Waals surface area contributed by atoms with Gasteiger partial charge in [0.2, 0.25) is 0 Å². The van der Waals surface area contributed by atoms with Crippen molar-refractivity contribution in [1.82, 2.24) is 15.3 Å². The Morgan fingerprint density at radius 3 is 2.83 bits per heavy atom. The molecule has 1 amide bonds. The number of hydrogen-bond acceptors (Lipinski definition) is 3. The van der Waals surface area contributed by atoms with E-state index in [1.54, 1.807) is 13.2 Å². The van der Waals surface area contributed by atoms with Gasteiger partial charge in [0.25, 0.3) is 5.91 Å². The summed E-state index contributed by atoms with van der Waals surface area (Å²) in [5.41, 5.74) is 3.60. The number of aryl methyl sites for hydroxylation is 1. The van der Waals surface area contributed by atoms with Gasteiger partial charge in [-0.2, -0.15) is 0 Å². The van der Waals surface area contributed by atoms with Crippen LogP contribution in [-0.4, -0.2) is 29.0 Å². The third kappa shape index (κ3) is 3.33. The number of carbonyl (C=O) groups is 1. The monoisotopic (exact) mass is 314 g/mol. The van der Waals surface area contributed by atoms with Crippen LogP contribution in [0, 0.1) is 0 Å². The molecule has 0 atom stereocenters. The lowest BCUT2D eigenvalue weighted by Gasteiger charge is -2.25. The van der Waals surface area contributed by atoms with Gasteiger partial charge in [-0.1, -0.05) is 32.6 Å². The molecule has 23 heavy (non-hydrogen) atoms. The van der Waals surface area contributed by atoms with Gasteiger partial charge < -0.3 is 15.6 Å². The topological polar surface area (TPSA) is 69.8 Å². The van der Waals surface area contributed by atoms with E-state index in [9.17, 15) is 4.79 Å². The van der Waals surface area contributed by atoms with Gasteiger partial charge in [-0.3, -0.25) is 4.79 Å². The predicted octanol–water partition coefficient (Wildman–Crippen LogP) is 3.62. The highest BCUT2D eigenvalue weighted by molar-refractivity contribution is 6.06. The van der Waals surface area contributed by atoms with E-state index in [1.807, 2.05) is 0 Å². The largest absolute Gasteiger partial charge is 0.381 e. The van der Waals surface area contributed by atoms with Gasteiger partial charge in [-0.15, -0.1) is 0 Å². The smallest absolute Gasteiger partial charge is 0.254 e. The van der Waals surface area contributed by atoms with Crippen LogP contribution in [0.4, 0.5) is 5.69 Å². The fourth-order valence-corrected chi connectivity index (χ4v) is 3.45. The number of aromatic amines is 1. The SMILES string of the molecule is CCCc1cc2c(NC3CCCCC3)c(C(=O)NC)cnc2[nH]1. The number of rotatable bonds is 5. The van der Waals surface area contributed by atoms with Crippen LogP contribution in [0.2, 0.25) is 0 Å². The Labute approximate surface area is 137 Å². The van der Waals surface area contributed by atoms with E-state index < -0.39 is 0 Å². The second-order valence-electron chi connectivity index (χ2n) is 6.41. The number of nitrogens with zero attached hydrogens (tertiary/aromatic N) is 1. The number of pyridine rings is 1. The summed E-state index contributed by atoms with van der Waals surface area (Å²) in [6.45, 7) is 2.16. The quantitative estimate of drug-likeness (QED) is 0.789. The third-order valence-electron chi connectivity index (χ3n) is 4.66. The Hall–Kier alpha value is -2.04. The third-order valence-corrected chi connectivity index (χ3v) is 4.66. The summed E-state index contributed by atoms with van der Waals surface area (Å²) in [6.07, 6.45) is 9.93. The highest BCUT2D eigenvalue weighted by atomic mass is 16.1. The molecule has 1 fully saturated rings. The van der Waals surface area contributed by atoms with Crippen molar-refractivity contribution < 1.29 is 4.79 Å². The first-order valence-electron chi connectivity index (χ1n) is 8.72. The summed E-state index contributed by atoms with van der Waals surface area (Å²) >= 11 is 0. The molecule has 3 N–H and O–H groups in total. The van der Waals surface area contributed by atoms with Crippen molar-refractivity contribution in [2.75, 3.05) is 12.4 Å². The minimum absolute atomic E-state index is 0.0871. The molecule has 1 saturated carbocycles. The fourth-order valence-electron chi connectivity index (χ4n) is 3.45. The molecule has 5 heteroatoms. The van der Waals surface area contributed by atoms with Crippen molar-refractivity contribution >= 4 is 22.6 Å². The zero-order chi connectivity index (χ0) is 16.2. The summed E-state index contributed by atoms with van der Waals surface area (Å²) in [4.78, 5) is 20.1. The first-order valence-corrected chi connectivity index (χ1v) is 8.72. The van der Waals surface area contributed by atoms with Crippen LogP contribution in [0.5, 0.6) is 0 Å². The van der Waals surface area contributed by atoms with Crippen molar-refractivity contribution in [3.63, 3.8) is 0 Å². The molecule has 3 rings (SSSR count). The maximum Gasteiger partial charge on any atom is 0.254 e. The summed E-state index contributed by atoms with van der Waals surface area (Å²) in [6, 6.07) is 2.59. The molecular formula is C18H26N4O. The Bertz CT molecular complexity index is 686. The van der Waals surface area contributed by atoms with Crippen LogP contribution < -0.4 is 10.6 Å². The number of H-pyrrole nitrogens is 1. The average Bonchev–Trinajstić information content (AvgIpc) is 2.99. The number of carbonyl (C=O) groups excluding carboxylic acids is 1. The average molecular weight is 314 g/mol. The van der Waals surface area contributed by atoms with Crippen molar-refractivity contribution in [2.45, 2.75) is 57.9 Å². The lowest BCUT2D eigenvalue weighted by Crippen LogP contribution is -2.26. The summed E-state index contributed by atoms with van der Waals surface area (Å²) < 4.78 is 0. The van der Waals surface area contributed by atoms with Gasteiger partial charge in [-0.05, 0) is 25.3 Å². The van der Waals surface area contributed by atoms with Gasteiger partial charge in [-0.25, -0.2) is 4.98 Å². The zero-order valence-electron chi connectivity index (χ0n) is 14.0. The predicted molar refractivity (Wildman–Crippen MR) is 94.0 cm³/mol. The molecule has 2 heterocycles. The van der Waals surface area contributed by atoms with Crippen LogP contribution in [0.25, 0.3) is 11.0 Å². The summed E-state index contributed by atoms with van der Waals surface area (Å²) in [5, 5.41) is 7.40. The van der Waals surface area contributed by atoms with Crippen LogP contribution in [0.3, 0.4) is 0 Å². The molecular weight excluding hydrogens is 288 g/mol. The maximum absolute atomic E-state index is 12.3. The first kappa shape index (κ1) is 15.8. The summed E-state index contributed by atoms with van der Waals surface area (Å²) in [5.74, 6) is -0.0871. The normalized spacial score (nSPS) is 15.7. The van der Waals surface area contributed by atoms with Crippen molar-refractivity contribution in [3.05, 3.63) is 23.5 Å². The van der Waals surface area contributed by atoms with E-state index in [4.69, 9.17) is 0 Å². The van der Waals surface area contributed by atoms with Gasteiger partial charge in [0.1, 0.15) is 5.65 Å². The second kappa shape index (κ2) is 7.02. The van der Waals surface area contributed by atoms with E-state index in [-0.39, 0.29) is 5.91 Å². The molecule has 124 valence electrons. The molecule has 0 spiro atoms. The van der Waals surface area contributed by atoms with Gasteiger partial charge in [0.05, 0.1) is 11.3 Å². The number of anilines is 1. The lowest BCUT2D eigenvalue weighted by atomic mass is 9.95. The zero-order valence-corrected chi connectivity index (χ0v) is 14.0.